The average Bonchev–Trinajstić information content (AvgIpc) is 3.15. The van der Waals surface area contributed by atoms with E-state index in [9.17, 15) is 28.2 Å². The number of amides is 1. The van der Waals surface area contributed by atoms with Crippen LogP contribution in [0.1, 0.15) is 11.3 Å². The summed E-state index contributed by atoms with van der Waals surface area (Å²) in [5, 5.41) is 22.8. The highest BCUT2D eigenvalue weighted by molar-refractivity contribution is 7.93. The molecule has 1 heterocycles. The fourth-order valence-electron chi connectivity index (χ4n) is 2.69. The Bertz CT molecular complexity index is 1160. The Morgan fingerprint density at radius 1 is 1.06 bits per heavy atom. The van der Waals surface area contributed by atoms with Gasteiger partial charge in [0.1, 0.15) is 11.8 Å². The number of carboxylic acid groups (broad SMARTS) is 1. The number of carbonyl (C=O) groups is 2. The molecule has 1 aromatic heterocycles. The van der Waals surface area contributed by atoms with Crippen LogP contribution in [-0.2, 0) is 32.5 Å². The Hall–Kier alpha value is -3.44. The molecule has 1 unspecified atom stereocenters. The second-order valence-electron chi connectivity index (χ2n) is 6.57. The van der Waals surface area contributed by atoms with Crippen LogP contribution in [0.5, 0.6) is 5.75 Å². The predicted molar refractivity (Wildman–Crippen MR) is 114 cm³/mol. The van der Waals surface area contributed by atoms with E-state index in [-0.39, 0.29) is 28.6 Å². The van der Waals surface area contributed by atoms with Crippen molar-refractivity contribution in [2.24, 2.45) is 0 Å². The van der Waals surface area contributed by atoms with Gasteiger partial charge in [0.15, 0.2) is 5.13 Å². The van der Waals surface area contributed by atoms with Crippen LogP contribution >= 0.6 is 11.3 Å². The smallest absolute Gasteiger partial charge is 0.326 e. The molecule has 3 rings (SSSR count). The van der Waals surface area contributed by atoms with E-state index in [1.165, 1.54) is 29.6 Å². The van der Waals surface area contributed by atoms with Crippen LogP contribution in [0.4, 0.5) is 5.13 Å². The summed E-state index contributed by atoms with van der Waals surface area (Å²) in [6, 6.07) is 12.7. The van der Waals surface area contributed by atoms with Gasteiger partial charge in [-0.05, 0) is 29.8 Å². The van der Waals surface area contributed by atoms with Gasteiger partial charge in [-0.3, -0.25) is 9.52 Å². The van der Waals surface area contributed by atoms with E-state index in [1.54, 1.807) is 30.3 Å². The van der Waals surface area contributed by atoms with Gasteiger partial charge in [0, 0.05) is 11.8 Å². The highest BCUT2D eigenvalue weighted by Crippen LogP contribution is 2.20. The van der Waals surface area contributed by atoms with Gasteiger partial charge in [0.25, 0.3) is 10.0 Å². The highest BCUT2D eigenvalue weighted by atomic mass is 32.2. The monoisotopic (exact) mass is 461 g/mol. The van der Waals surface area contributed by atoms with Crippen LogP contribution in [-0.4, -0.2) is 41.5 Å². The molecule has 0 bridgehead atoms. The molecule has 0 aliphatic carbocycles. The molecule has 0 spiro atoms. The largest absolute Gasteiger partial charge is 0.508 e. The molecular formula is C20H19N3O6S2. The number of aromatic hydroxyl groups is 1. The molecule has 1 amide bonds. The maximum absolute atomic E-state index is 12.3. The maximum Gasteiger partial charge on any atom is 0.326 e. The Kier molecular flexibility index (Phi) is 6.88. The summed E-state index contributed by atoms with van der Waals surface area (Å²) in [6.07, 6.45) is -0.163. The third-order valence-corrected chi connectivity index (χ3v) is 6.47. The second kappa shape index (κ2) is 9.58. The van der Waals surface area contributed by atoms with Crippen LogP contribution in [0, 0.1) is 0 Å². The molecule has 31 heavy (non-hydrogen) atoms. The van der Waals surface area contributed by atoms with E-state index in [0.717, 1.165) is 11.3 Å². The van der Waals surface area contributed by atoms with Gasteiger partial charge in [-0.1, -0.05) is 30.3 Å². The Labute approximate surface area is 182 Å². The van der Waals surface area contributed by atoms with E-state index in [0.29, 0.717) is 11.3 Å². The summed E-state index contributed by atoms with van der Waals surface area (Å²) in [5.41, 5.74) is 0.943. The number of sulfonamides is 1. The van der Waals surface area contributed by atoms with Gasteiger partial charge in [-0.25, -0.2) is 18.2 Å². The fraction of sp³-hybridized carbons (Fsp3) is 0.150. The Morgan fingerprint density at radius 2 is 1.74 bits per heavy atom. The lowest BCUT2D eigenvalue weighted by Gasteiger charge is -2.14. The minimum Gasteiger partial charge on any atom is -0.508 e. The van der Waals surface area contributed by atoms with Crippen molar-refractivity contribution in [2.75, 3.05) is 4.72 Å². The van der Waals surface area contributed by atoms with Crippen LogP contribution in [0.15, 0.2) is 64.9 Å². The second-order valence-corrected chi connectivity index (χ2v) is 9.11. The number of carboxylic acids is 1. The van der Waals surface area contributed by atoms with Crippen molar-refractivity contribution in [1.82, 2.24) is 10.3 Å². The number of benzene rings is 2. The van der Waals surface area contributed by atoms with Crippen LogP contribution in [0.25, 0.3) is 0 Å². The molecule has 0 radical (unpaired) electrons. The number of aliphatic carboxylic acids is 1. The van der Waals surface area contributed by atoms with Gasteiger partial charge >= 0.3 is 5.97 Å². The lowest BCUT2D eigenvalue weighted by Crippen LogP contribution is -2.43. The SMILES string of the molecule is O=C(Cc1csc(NS(=O)(=O)c2ccccc2)n1)NC(Cc1ccc(O)cc1)C(=O)O. The van der Waals surface area contributed by atoms with Gasteiger partial charge in [0.2, 0.25) is 5.91 Å². The van der Waals surface area contributed by atoms with E-state index in [1.807, 2.05) is 0 Å². The first-order valence-electron chi connectivity index (χ1n) is 9.05. The molecule has 0 fully saturated rings. The van der Waals surface area contributed by atoms with Gasteiger partial charge < -0.3 is 15.5 Å². The van der Waals surface area contributed by atoms with Gasteiger partial charge in [-0.2, -0.15) is 0 Å². The summed E-state index contributed by atoms with van der Waals surface area (Å²) in [7, 11) is -3.79. The molecule has 0 saturated carbocycles. The van der Waals surface area contributed by atoms with Gasteiger partial charge in [-0.15, -0.1) is 11.3 Å². The standard InChI is InChI=1S/C20H19N3O6S2/c24-15-8-6-13(7-9-15)10-17(19(26)27)22-18(25)11-14-12-30-20(21-14)23-31(28,29)16-4-2-1-3-5-16/h1-9,12,17,24H,10-11H2,(H,21,23)(H,22,25)(H,26,27). The Morgan fingerprint density at radius 3 is 2.39 bits per heavy atom. The molecule has 0 saturated heterocycles. The molecule has 11 heteroatoms. The summed E-state index contributed by atoms with van der Waals surface area (Å²) >= 11 is 1.02. The highest BCUT2D eigenvalue weighted by Gasteiger charge is 2.22. The first-order chi connectivity index (χ1) is 14.7. The number of anilines is 1. The zero-order valence-electron chi connectivity index (χ0n) is 16.1. The molecule has 0 aliphatic heterocycles. The lowest BCUT2D eigenvalue weighted by molar-refractivity contribution is -0.141. The summed E-state index contributed by atoms with van der Waals surface area (Å²) < 4.78 is 27.0. The first-order valence-corrected chi connectivity index (χ1v) is 11.4. The number of hydrogen-bond acceptors (Lipinski definition) is 7. The number of hydrogen-bond donors (Lipinski definition) is 4. The van der Waals surface area contributed by atoms with E-state index >= 15 is 0 Å². The van der Waals surface area contributed by atoms with Crippen molar-refractivity contribution in [3.63, 3.8) is 0 Å². The van der Waals surface area contributed by atoms with E-state index in [4.69, 9.17) is 0 Å². The first kappa shape index (κ1) is 22.2. The van der Waals surface area contributed by atoms with Crippen molar-refractivity contribution >= 4 is 38.4 Å². The lowest BCUT2D eigenvalue weighted by atomic mass is 10.1. The topological polar surface area (TPSA) is 146 Å². The number of thiazole rings is 1. The summed E-state index contributed by atoms with van der Waals surface area (Å²) in [5.74, 6) is -1.70. The quantitative estimate of drug-likeness (QED) is 0.381. The van der Waals surface area contributed by atoms with E-state index in [2.05, 4.69) is 15.0 Å². The van der Waals surface area contributed by atoms with Gasteiger partial charge in [0.05, 0.1) is 17.0 Å². The third-order valence-electron chi connectivity index (χ3n) is 4.18. The molecule has 0 aliphatic rings. The van der Waals surface area contributed by atoms with Crippen LogP contribution in [0.2, 0.25) is 0 Å². The van der Waals surface area contributed by atoms with Crippen LogP contribution in [0.3, 0.4) is 0 Å². The van der Waals surface area contributed by atoms with Crippen molar-refractivity contribution in [1.29, 1.82) is 0 Å². The fourth-order valence-corrected chi connectivity index (χ4v) is 4.67. The number of carbonyl (C=O) groups excluding carboxylic acids is 1. The minimum atomic E-state index is -3.79. The normalized spacial score (nSPS) is 12.1. The molecule has 9 nitrogen and oxygen atoms in total. The molecule has 1 atom stereocenters. The molecule has 2 aromatic carbocycles. The molecule has 4 N–H and O–H groups in total. The Balaban J connectivity index is 1.60. The third kappa shape index (κ3) is 6.27. The average molecular weight is 462 g/mol. The molecule has 3 aromatic rings. The number of aromatic nitrogens is 1. The molecular weight excluding hydrogens is 442 g/mol. The number of phenolic OH excluding ortho intramolecular Hbond substituents is 1. The zero-order valence-corrected chi connectivity index (χ0v) is 17.7. The summed E-state index contributed by atoms with van der Waals surface area (Å²) in [4.78, 5) is 28.0. The number of nitrogens with zero attached hydrogens (tertiary/aromatic N) is 1. The number of nitrogens with one attached hydrogen (secondary N) is 2. The van der Waals surface area contributed by atoms with Crippen molar-refractivity contribution < 1.29 is 28.2 Å². The van der Waals surface area contributed by atoms with Crippen molar-refractivity contribution in [3.8, 4) is 5.75 Å². The summed E-state index contributed by atoms with van der Waals surface area (Å²) in [6.45, 7) is 0. The van der Waals surface area contributed by atoms with Crippen molar-refractivity contribution in [2.45, 2.75) is 23.8 Å². The minimum absolute atomic E-state index is 0.0422. The maximum atomic E-state index is 12.3. The molecule has 162 valence electrons. The number of phenols is 1. The number of rotatable bonds is 9. The zero-order chi connectivity index (χ0) is 22.4. The van der Waals surface area contributed by atoms with Crippen LogP contribution < -0.4 is 10.0 Å². The van der Waals surface area contributed by atoms with Crippen molar-refractivity contribution in [3.05, 3.63) is 71.2 Å². The van der Waals surface area contributed by atoms with E-state index < -0.39 is 27.9 Å². The predicted octanol–water partition coefficient (Wildman–Crippen LogP) is 2.00.